The SMILES string of the molecule is CN(C)[C@@H]1[C@@H](NC(=O)c2ccoc2)[C@H]2CCO[C@H]21. The lowest BCUT2D eigenvalue weighted by Gasteiger charge is -2.50. The van der Waals surface area contributed by atoms with Crippen molar-refractivity contribution in [2.75, 3.05) is 20.7 Å². The Labute approximate surface area is 106 Å². The molecule has 1 aliphatic carbocycles. The van der Waals surface area contributed by atoms with Crippen molar-refractivity contribution in [2.45, 2.75) is 24.6 Å². The summed E-state index contributed by atoms with van der Waals surface area (Å²) >= 11 is 0. The number of nitrogens with one attached hydrogen (secondary N) is 1. The summed E-state index contributed by atoms with van der Waals surface area (Å²) in [7, 11) is 4.05. The lowest BCUT2D eigenvalue weighted by molar-refractivity contribution is -0.0664. The van der Waals surface area contributed by atoms with Crippen molar-refractivity contribution in [1.82, 2.24) is 10.2 Å². The predicted molar refractivity (Wildman–Crippen MR) is 65.3 cm³/mol. The molecule has 2 fully saturated rings. The number of fused-ring (bicyclic) bond motifs is 1. The molecule has 1 saturated heterocycles. The Morgan fingerprint density at radius 2 is 2.33 bits per heavy atom. The Morgan fingerprint density at radius 3 is 3.00 bits per heavy atom. The number of hydrogen-bond acceptors (Lipinski definition) is 4. The molecule has 2 heterocycles. The first-order valence-electron chi connectivity index (χ1n) is 6.29. The van der Waals surface area contributed by atoms with Crippen LogP contribution in [0.25, 0.3) is 0 Å². The zero-order chi connectivity index (χ0) is 12.7. The molecular weight excluding hydrogens is 232 g/mol. The molecule has 1 saturated carbocycles. The van der Waals surface area contributed by atoms with Gasteiger partial charge in [0, 0.05) is 12.5 Å². The number of amides is 1. The monoisotopic (exact) mass is 250 g/mol. The Balaban J connectivity index is 1.70. The van der Waals surface area contributed by atoms with Crippen LogP contribution in [0.4, 0.5) is 0 Å². The summed E-state index contributed by atoms with van der Waals surface area (Å²) in [6.45, 7) is 0.803. The minimum Gasteiger partial charge on any atom is -0.472 e. The van der Waals surface area contributed by atoms with E-state index in [1.807, 2.05) is 14.1 Å². The third-order valence-electron chi connectivity index (χ3n) is 4.03. The van der Waals surface area contributed by atoms with Gasteiger partial charge in [0.25, 0.3) is 5.91 Å². The average molecular weight is 250 g/mol. The summed E-state index contributed by atoms with van der Waals surface area (Å²) in [5.41, 5.74) is 0.579. The molecule has 4 atom stereocenters. The summed E-state index contributed by atoms with van der Waals surface area (Å²) in [6.07, 6.45) is 4.29. The smallest absolute Gasteiger partial charge is 0.254 e. The molecule has 1 aromatic heterocycles. The van der Waals surface area contributed by atoms with Crippen LogP contribution >= 0.6 is 0 Å². The summed E-state index contributed by atoms with van der Waals surface area (Å²) < 4.78 is 10.7. The van der Waals surface area contributed by atoms with Crippen LogP contribution in [0.2, 0.25) is 0 Å². The van der Waals surface area contributed by atoms with Gasteiger partial charge in [-0.25, -0.2) is 0 Å². The number of nitrogens with zero attached hydrogens (tertiary/aromatic N) is 1. The number of ether oxygens (including phenoxy) is 1. The standard InChI is InChI=1S/C13H18N2O3/c1-15(2)11-10(9-4-6-18-12(9)11)14-13(16)8-3-5-17-7-8/h3,5,7,9-12H,4,6H2,1-2H3,(H,14,16)/t9-,10+,11-,12-/m1/s1. The minimum atomic E-state index is -0.0639. The highest BCUT2D eigenvalue weighted by Crippen LogP contribution is 2.41. The number of carbonyl (C=O) groups excluding carboxylic acids is 1. The second-order valence-electron chi connectivity index (χ2n) is 5.25. The Bertz CT molecular complexity index is 429. The van der Waals surface area contributed by atoms with E-state index in [1.165, 1.54) is 12.5 Å². The zero-order valence-corrected chi connectivity index (χ0v) is 10.6. The van der Waals surface area contributed by atoms with Gasteiger partial charge in [0.05, 0.1) is 30.0 Å². The van der Waals surface area contributed by atoms with E-state index in [-0.39, 0.29) is 24.1 Å². The Hall–Kier alpha value is -1.33. The maximum absolute atomic E-state index is 12.0. The Kier molecular flexibility index (Phi) is 2.87. The molecule has 0 aromatic carbocycles. The summed E-state index contributed by atoms with van der Waals surface area (Å²) in [5.74, 6) is 0.388. The van der Waals surface area contributed by atoms with Crippen molar-refractivity contribution < 1.29 is 13.9 Å². The van der Waals surface area contributed by atoms with Crippen LogP contribution in [-0.2, 0) is 4.74 Å². The highest BCUT2D eigenvalue weighted by atomic mass is 16.5. The summed E-state index contributed by atoms with van der Waals surface area (Å²) in [6, 6.07) is 2.13. The third kappa shape index (κ3) is 1.74. The van der Waals surface area contributed by atoms with Gasteiger partial charge in [-0.15, -0.1) is 0 Å². The van der Waals surface area contributed by atoms with Gasteiger partial charge in [0.15, 0.2) is 0 Å². The van der Waals surface area contributed by atoms with Crippen LogP contribution in [0.5, 0.6) is 0 Å². The number of furan rings is 1. The molecule has 5 heteroatoms. The molecule has 98 valence electrons. The van der Waals surface area contributed by atoms with Crippen LogP contribution in [0.15, 0.2) is 23.0 Å². The van der Waals surface area contributed by atoms with Gasteiger partial charge in [-0.05, 0) is 26.6 Å². The van der Waals surface area contributed by atoms with E-state index in [1.54, 1.807) is 6.07 Å². The van der Waals surface area contributed by atoms with Gasteiger partial charge in [0.2, 0.25) is 0 Å². The highest BCUT2D eigenvalue weighted by Gasteiger charge is 2.55. The zero-order valence-electron chi connectivity index (χ0n) is 10.6. The number of likely N-dealkylation sites (N-methyl/N-ethyl adjacent to an activating group) is 1. The quantitative estimate of drug-likeness (QED) is 0.859. The van der Waals surface area contributed by atoms with Gasteiger partial charge in [0.1, 0.15) is 6.26 Å². The molecule has 0 radical (unpaired) electrons. The van der Waals surface area contributed by atoms with E-state index in [2.05, 4.69) is 10.2 Å². The molecule has 1 N–H and O–H groups in total. The van der Waals surface area contributed by atoms with Crippen LogP contribution in [0, 0.1) is 5.92 Å². The van der Waals surface area contributed by atoms with Crippen molar-refractivity contribution >= 4 is 5.91 Å². The maximum atomic E-state index is 12.0. The molecule has 1 aromatic rings. The van der Waals surface area contributed by atoms with Gasteiger partial charge < -0.3 is 19.4 Å². The van der Waals surface area contributed by atoms with Gasteiger partial charge >= 0.3 is 0 Å². The first-order valence-corrected chi connectivity index (χ1v) is 6.29. The van der Waals surface area contributed by atoms with E-state index in [0.717, 1.165) is 13.0 Å². The largest absolute Gasteiger partial charge is 0.472 e. The molecule has 0 bridgehead atoms. The van der Waals surface area contributed by atoms with Gasteiger partial charge in [-0.3, -0.25) is 4.79 Å². The second-order valence-corrected chi connectivity index (χ2v) is 5.25. The predicted octanol–water partition coefficient (Wildman–Crippen LogP) is 0.727. The van der Waals surface area contributed by atoms with Crippen molar-refractivity contribution in [3.05, 3.63) is 24.2 Å². The van der Waals surface area contributed by atoms with Crippen LogP contribution in [-0.4, -0.2) is 49.7 Å². The van der Waals surface area contributed by atoms with Gasteiger partial charge in [-0.1, -0.05) is 0 Å². The highest BCUT2D eigenvalue weighted by molar-refractivity contribution is 5.94. The normalized spacial score (nSPS) is 34.2. The van der Waals surface area contributed by atoms with E-state index in [4.69, 9.17) is 9.15 Å². The fraction of sp³-hybridized carbons (Fsp3) is 0.615. The second kappa shape index (κ2) is 4.40. The molecule has 1 amide bonds. The van der Waals surface area contributed by atoms with Gasteiger partial charge in [-0.2, -0.15) is 0 Å². The molecule has 5 nitrogen and oxygen atoms in total. The molecule has 3 rings (SSSR count). The lowest BCUT2D eigenvalue weighted by atomic mass is 9.71. The lowest BCUT2D eigenvalue weighted by Crippen LogP contribution is -2.69. The topological polar surface area (TPSA) is 54.7 Å². The van der Waals surface area contributed by atoms with Crippen molar-refractivity contribution in [3.63, 3.8) is 0 Å². The Morgan fingerprint density at radius 1 is 1.50 bits per heavy atom. The van der Waals surface area contributed by atoms with E-state index in [9.17, 15) is 4.79 Å². The maximum Gasteiger partial charge on any atom is 0.254 e. The van der Waals surface area contributed by atoms with Crippen LogP contribution in [0.1, 0.15) is 16.8 Å². The first kappa shape index (κ1) is 11.7. The van der Waals surface area contributed by atoms with E-state index >= 15 is 0 Å². The summed E-state index contributed by atoms with van der Waals surface area (Å²) in [5, 5.41) is 3.10. The first-order chi connectivity index (χ1) is 8.68. The molecule has 1 aliphatic heterocycles. The number of rotatable bonds is 3. The van der Waals surface area contributed by atoms with Crippen molar-refractivity contribution in [1.29, 1.82) is 0 Å². The fourth-order valence-electron chi connectivity index (χ4n) is 3.11. The summed E-state index contributed by atoms with van der Waals surface area (Å²) in [4.78, 5) is 14.2. The third-order valence-corrected chi connectivity index (χ3v) is 4.03. The van der Waals surface area contributed by atoms with Crippen molar-refractivity contribution in [2.24, 2.45) is 5.92 Å². The average Bonchev–Trinajstić information content (AvgIpc) is 2.93. The molecular formula is C13H18N2O3. The minimum absolute atomic E-state index is 0.0639. The molecule has 0 spiro atoms. The van der Waals surface area contributed by atoms with E-state index < -0.39 is 0 Å². The number of carbonyl (C=O) groups is 1. The number of hydrogen-bond donors (Lipinski definition) is 1. The molecule has 18 heavy (non-hydrogen) atoms. The van der Waals surface area contributed by atoms with Crippen LogP contribution in [0.3, 0.4) is 0 Å². The van der Waals surface area contributed by atoms with Crippen molar-refractivity contribution in [3.8, 4) is 0 Å². The molecule has 0 unspecified atom stereocenters. The molecule has 2 aliphatic rings. The fourth-order valence-corrected chi connectivity index (χ4v) is 3.11. The van der Waals surface area contributed by atoms with Crippen LogP contribution < -0.4 is 5.32 Å². The van der Waals surface area contributed by atoms with E-state index in [0.29, 0.717) is 11.5 Å².